The standard InChI is InChI=1S/C14H24N2O3/c1-9(10-5-6-19-8-10)16-7-11(17)15-12(13(16)18)14(2,3)4/h9-10,12H,5-8H2,1-4H3,(H,15,17). The van der Waals surface area contributed by atoms with Gasteiger partial charge in [-0.15, -0.1) is 0 Å². The average molecular weight is 268 g/mol. The topological polar surface area (TPSA) is 58.6 Å². The molecule has 0 radical (unpaired) electrons. The SMILES string of the molecule is CC(C1CCOC1)N1CC(=O)NC(C(C)(C)C)C1=O. The molecule has 1 N–H and O–H groups in total. The lowest BCUT2D eigenvalue weighted by molar-refractivity contribution is -0.150. The molecule has 0 aromatic carbocycles. The maximum Gasteiger partial charge on any atom is 0.246 e. The van der Waals surface area contributed by atoms with Crippen LogP contribution >= 0.6 is 0 Å². The number of nitrogens with zero attached hydrogens (tertiary/aromatic N) is 1. The van der Waals surface area contributed by atoms with E-state index in [4.69, 9.17) is 4.74 Å². The Kier molecular flexibility index (Phi) is 3.85. The van der Waals surface area contributed by atoms with Crippen molar-refractivity contribution >= 4 is 11.8 Å². The summed E-state index contributed by atoms with van der Waals surface area (Å²) in [5.41, 5.74) is -0.267. The van der Waals surface area contributed by atoms with Crippen LogP contribution in [-0.2, 0) is 14.3 Å². The smallest absolute Gasteiger partial charge is 0.246 e. The highest BCUT2D eigenvalue weighted by Crippen LogP contribution is 2.27. The minimum absolute atomic E-state index is 0.0338. The number of piperazine rings is 1. The molecule has 2 fully saturated rings. The molecule has 19 heavy (non-hydrogen) atoms. The van der Waals surface area contributed by atoms with Gasteiger partial charge in [-0.2, -0.15) is 0 Å². The van der Waals surface area contributed by atoms with E-state index in [1.165, 1.54) is 0 Å². The van der Waals surface area contributed by atoms with Crippen LogP contribution in [0.25, 0.3) is 0 Å². The van der Waals surface area contributed by atoms with Gasteiger partial charge in [-0.3, -0.25) is 9.59 Å². The summed E-state index contributed by atoms with van der Waals surface area (Å²) in [5, 5.41) is 2.82. The van der Waals surface area contributed by atoms with Gasteiger partial charge >= 0.3 is 0 Å². The Morgan fingerprint density at radius 2 is 2.05 bits per heavy atom. The Bertz CT molecular complexity index is 369. The van der Waals surface area contributed by atoms with Crippen molar-refractivity contribution in [3.05, 3.63) is 0 Å². The van der Waals surface area contributed by atoms with Crippen LogP contribution in [0.1, 0.15) is 34.1 Å². The van der Waals surface area contributed by atoms with Crippen LogP contribution in [0, 0.1) is 11.3 Å². The van der Waals surface area contributed by atoms with Crippen molar-refractivity contribution in [1.29, 1.82) is 0 Å². The van der Waals surface area contributed by atoms with E-state index in [-0.39, 0.29) is 29.8 Å². The van der Waals surface area contributed by atoms with Gasteiger partial charge in [-0.1, -0.05) is 20.8 Å². The lowest BCUT2D eigenvalue weighted by atomic mass is 9.84. The summed E-state index contributed by atoms with van der Waals surface area (Å²) in [6, 6.07) is -0.371. The van der Waals surface area contributed by atoms with Gasteiger partial charge in [0, 0.05) is 18.6 Å². The van der Waals surface area contributed by atoms with Gasteiger partial charge in [0.15, 0.2) is 0 Å². The third-order valence-electron chi connectivity index (χ3n) is 4.15. The van der Waals surface area contributed by atoms with Crippen LogP contribution in [0.5, 0.6) is 0 Å². The van der Waals surface area contributed by atoms with Gasteiger partial charge in [0.05, 0.1) is 13.2 Å². The predicted octanol–water partition coefficient (Wildman–Crippen LogP) is 0.784. The van der Waals surface area contributed by atoms with E-state index in [9.17, 15) is 9.59 Å². The van der Waals surface area contributed by atoms with Crippen molar-refractivity contribution in [2.24, 2.45) is 11.3 Å². The molecule has 5 heteroatoms. The molecule has 0 aromatic rings. The fraction of sp³-hybridized carbons (Fsp3) is 0.857. The zero-order chi connectivity index (χ0) is 14.2. The van der Waals surface area contributed by atoms with Crippen LogP contribution in [0.2, 0.25) is 0 Å². The molecule has 0 aromatic heterocycles. The number of hydrogen-bond acceptors (Lipinski definition) is 3. The molecule has 0 spiro atoms. The highest BCUT2D eigenvalue weighted by atomic mass is 16.5. The number of rotatable bonds is 2. The summed E-state index contributed by atoms with van der Waals surface area (Å²) in [6.45, 7) is 9.56. The lowest BCUT2D eigenvalue weighted by Crippen LogP contribution is -2.64. The van der Waals surface area contributed by atoms with E-state index < -0.39 is 6.04 Å². The first-order valence-electron chi connectivity index (χ1n) is 6.98. The maximum absolute atomic E-state index is 12.6. The van der Waals surface area contributed by atoms with Gasteiger partial charge in [-0.25, -0.2) is 0 Å². The highest BCUT2D eigenvalue weighted by Gasteiger charge is 2.43. The number of ether oxygens (including phenoxy) is 1. The fourth-order valence-electron chi connectivity index (χ4n) is 2.79. The number of hydrogen-bond donors (Lipinski definition) is 1. The summed E-state index contributed by atoms with van der Waals surface area (Å²) in [6.07, 6.45) is 0.965. The van der Waals surface area contributed by atoms with E-state index in [1.54, 1.807) is 4.90 Å². The summed E-state index contributed by atoms with van der Waals surface area (Å²) in [7, 11) is 0. The molecule has 3 atom stereocenters. The molecule has 2 heterocycles. The predicted molar refractivity (Wildman–Crippen MR) is 71.5 cm³/mol. The maximum atomic E-state index is 12.6. The Labute approximate surface area is 114 Å². The van der Waals surface area contributed by atoms with E-state index in [0.29, 0.717) is 12.5 Å². The van der Waals surface area contributed by atoms with Crippen molar-refractivity contribution in [2.75, 3.05) is 19.8 Å². The number of carbonyl (C=O) groups is 2. The van der Waals surface area contributed by atoms with Crippen molar-refractivity contribution in [2.45, 2.75) is 46.2 Å². The number of carbonyl (C=O) groups excluding carboxylic acids is 2. The van der Waals surface area contributed by atoms with Crippen LogP contribution in [0.4, 0.5) is 0 Å². The minimum atomic E-state index is -0.432. The normalized spacial score (nSPS) is 30.4. The summed E-state index contributed by atoms with van der Waals surface area (Å²) < 4.78 is 5.39. The molecule has 2 saturated heterocycles. The monoisotopic (exact) mass is 268 g/mol. The van der Waals surface area contributed by atoms with Crippen LogP contribution < -0.4 is 5.32 Å². The molecule has 0 saturated carbocycles. The number of nitrogens with one attached hydrogen (secondary N) is 1. The van der Waals surface area contributed by atoms with Crippen molar-refractivity contribution in [3.8, 4) is 0 Å². The summed E-state index contributed by atoms with van der Waals surface area (Å²) in [4.78, 5) is 26.2. The molecule has 2 amide bonds. The summed E-state index contributed by atoms with van der Waals surface area (Å²) >= 11 is 0. The van der Waals surface area contributed by atoms with Gasteiger partial charge in [0.1, 0.15) is 6.04 Å². The highest BCUT2D eigenvalue weighted by molar-refractivity contribution is 5.95. The van der Waals surface area contributed by atoms with Gasteiger partial charge in [-0.05, 0) is 18.8 Å². The average Bonchev–Trinajstić information content (AvgIpc) is 2.83. The van der Waals surface area contributed by atoms with E-state index in [2.05, 4.69) is 5.32 Å². The first-order chi connectivity index (χ1) is 8.80. The fourth-order valence-corrected chi connectivity index (χ4v) is 2.79. The van der Waals surface area contributed by atoms with Crippen molar-refractivity contribution in [3.63, 3.8) is 0 Å². The van der Waals surface area contributed by atoms with Gasteiger partial charge < -0.3 is 15.0 Å². The molecule has 2 aliphatic rings. The molecule has 3 unspecified atom stereocenters. The Balaban J connectivity index is 2.15. The molecular formula is C14H24N2O3. The van der Waals surface area contributed by atoms with E-state index in [0.717, 1.165) is 13.0 Å². The zero-order valence-corrected chi connectivity index (χ0v) is 12.2. The first kappa shape index (κ1) is 14.3. The molecule has 5 nitrogen and oxygen atoms in total. The van der Waals surface area contributed by atoms with E-state index in [1.807, 2.05) is 27.7 Å². The molecule has 0 aliphatic carbocycles. The largest absolute Gasteiger partial charge is 0.381 e. The first-order valence-corrected chi connectivity index (χ1v) is 6.98. The van der Waals surface area contributed by atoms with Crippen LogP contribution in [0.15, 0.2) is 0 Å². The van der Waals surface area contributed by atoms with E-state index >= 15 is 0 Å². The number of amides is 2. The summed E-state index contributed by atoms with van der Waals surface area (Å²) in [5.74, 6) is 0.312. The minimum Gasteiger partial charge on any atom is -0.381 e. The van der Waals surface area contributed by atoms with Crippen molar-refractivity contribution < 1.29 is 14.3 Å². The van der Waals surface area contributed by atoms with Crippen molar-refractivity contribution in [1.82, 2.24) is 10.2 Å². The molecule has 2 rings (SSSR count). The Morgan fingerprint density at radius 3 is 2.58 bits per heavy atom. The molecule has 0 bridgehead atoms. The molecule has 2 aliphatic heterocycles. The lowest BCUT2D eigenvalue weighted by Gasteiger charge is -2.42. The second-order valence-corrected chi connectivity index (χ2v) is 6.70. The zero-order valence-electron chi connectivity index (χ0n) is 12.2. The second-order valence-electron chi connectivity index (χ2n) is 6.70. The van der Waals surface area contributed by atoms with Crippen LogP contribution in [0.3, 0.4) is 0 Å². The Hall–Kier alpha value is -1.10. The van der Waals surface area contributed by atoms with Gasteiger partial charge in [0.2, 0.25) is 11.8 Å². The van der Waals surface area contributed by atoms with Crippen LogP contribution in [-0.4, -0.2) is 48.6 Å². The third-order valence-corrected chi connectivity index (χ3v) is 4.15. The second kappa shape index (κ2) is 5.12. The molecule has 108 valence electrons. The quantitative estimate of drug-likeness (QED) is 0.805. The molecular weight excluding hydrogens is 244 g/mol. The third kappa shape index (κ3) is 2.91. The van der Waals surface area contributed by atoms with Gasteiger partial charge in [0.25, 0.3) is 0 Å². The Morgan fingerprint density at radius 1 is 1.37 bits per heavy atom.